The molecule has 1 heterocycles. The molecule has 4 nitrogen and oxygen atoms in total. The molecule has 0 aromatic rings. The zero-order chi connectivity index (χ0) is 12.7. The van der Waals surface area contributed by atoms with E-state index in [2.05, 4.69) is 48.3 Å². The van der Waals surface area contributed by atoms with E-state index < -0.39 is 0 Å². The van der Waals surface area contributed by atoms with Crippen molar-refractivity contribution >= 4 is 5.96 Å². The molecule has 100 valence electrons. The number of likely N-dealkylation sites (tertiary alicyclic amines) is 1. The number of nitrogens with zero attached hydrogens (tertiary/aromatic N) is 2. The van der Waals surface area contributed by atoms with Gasteiger partial charge in [-0.05, 0) is 46.2 Å². The van der Waals surface area contributed by atoms with Gasteiger partial charge in [-0.25, -0.2) is 0 Å². The van der Waals surface area contributed by atoms with E-state index in [1.165, 1.54) is 19.5 Å². The molecule has 1 rings (SSSR count). The molecule has 0 aliphatic carbocycles. The molecule has 1 aliphatic heterocycles. The quantitative estimate of drug-likeness (QED) is 0.562. The Bertz CT molecular complexity index is 240. The van der Waals surface area contributed by atoms with Crippen molar-refractivity contribution in [3.05, 3.63) is 0 Å². The average Bonchev–Trinajstić information content (AvgIpc) is 2.72. The number of hydrogen-bond donors (Lipinski definition) is 2. The lowest BCUT2D eigenvalue weighted by atomic mass is 10.1. The van der Waals surface area contributed by atoms with Crippen LogP contribution in [0.25, 0.3) is 0 Å². The second-order valence-electron chi connectivity index (χ2n) is 5.09. The summed E-state index contributed by atoms with van der Waals surface area (Å²) in [6.45, 7) is 10.8. The monoisotopic (exact) mass is 240 g/mol. The average molecular weight is 240 g/mol. The molecule has 2 unspecified atom stereocenters. The first kappa shape index (κ1) is 14.3. The molecular formula is C13H28N4. The van der Waals surface area contributed by atoms with Gasteiger partial charge in [-0.3, -0.25) is 4.99 Å². The van der Waals surface area contributed by atoms with Crippen molar-refractivity contribution in [3.63, 3.8) is 0 Å². The van der Waals surface area contributed by atoms with Crippen molar-refractivity contribution in [2.75, 3.05) is 33.2 Å². The molecule has 2 N–H and O–H groups in total. The van der Waals surface area contributed by atoms with Gasteiger partial charge in [0, 0.05) is 25.7 Å². The van der Waals surface area contributed by atoms with Crippen molar-refractivity contribution in [2.24, 2.45) is 10.9 Å². The van der Waals surface area contributed by atoms with E-state index in [-0.39, 0.29) is 0 Å². The van der Waals surface area contributed by atoms with E-state index in [9.17, 15) is 0 Å². The fourth-order valence-electron chi connectivity index (χ4n) is 2.05. The Balaban J connectivity index is 2.39. The Morgan fingerprint density at radius 3 is 2.76 bits per heavy atom. The van der Waals surface area contributed by atoms with Crippen molar-refractivity contribution in [2.45, 2.75) is 39.7 Å². The van der Waals surface area contributed by atoms with E-state index in [4.69, 9.17) is 0 Å². The third-order valence-corrected chi connectivity index (χ3v) is 3.34. The number of hydrogen-bond acceptors (Lipinski definition) is 2. The molecule has 1 aliphatic rings. The molecule has 0 aromatic carbocycles. The summed E-state index contributed by atoms with van der Waals surface area (Å²) in [6.07, 6.45) is 2.40. The standard InChI is InChI=1S/C13H28N4/c1-5-11(3)16-13(14-6-2)15-9-12-7-8-17(4)10-12/h11-12H,5-10H2,1-4H3,(H2,14,15,16). The molecule has 0 aromatic heterocycles. The largest absolute Gasteiger partial charge is 0.357 e. The smallest absolute Gasteiger partial charge is 0.191 e. The van der Waals surface area contributed by atoms with E-state index in [1.54, 1.807) is 0 Å². The minimum Gasteiger partial charge on any atom is -0.357 e. The Hall–Kier alpha value is -0.770. The molecule has 4 heteroatoms. The maximum atomic E-state index is 4.69. The summed E-state index contributed by atoms with van der Waals surface area (Å²) in [6, 6.07) is 0.485. The summed E-state index contributed by atoms with van der Waals surface area (Å²) in [5.41, 5.74) is 0. The van der Waals surface area contributed by atoms with Gasteiger partial charge >= 0.3 is 0 Å². The third-order valence-electron chi connectivity index (χ3n) is 3.34. The van der Waals surface area contributed by atoms with Crippen LogP contribution in [0.5, 0.6) is 0 Å². The zero-order valence-electron chi connectivity index (χ0n) is 11.8. The molecule has 0 radical (unpaired) electrons. The Labute approximate surface area is 106 Å². The second kappa shape index (κ2) is 7.54. The fraction of sp³-hybridized carbons (Fsp3) is 0.923. The molecule has 17 heavy (non-hydrogen) atoms. The van der Waals surface area contributed by atoms with Crippen LogP contribution in [-0.2, 0) is 0 Å². The van der Waals surface area contributed by atoms with Gasteiger partial charge < -0.3 is 15.5 Å². The summed E-state index contributed by atoms with van der Waals surface area (Å²) in [7, 11) is 2.19. The van der Waals surface area contributed by atoms with Crippen LogP contribution in [0, 0.1) is 5.92 Å². The molecule has 2 atom stereocenters. The van der Waals surface area contributed by atoms with Gasteiger partial charge in [0.1, 0.15) is 0 Å². The highest BCUT2D eigenvalue weighted by atomic mass is 15.2. The maximum Gasteiger partial charge on any atom is 0.191 e. The van der Waals surface area contributed by atoms with Crippen LogP contribution in [-0.4, -0.2) is 50.1 Å². The molecule has 0 spiro atoms. The van der Waals surface area contributed by atoms with E-state index in [0.717, 1.165) is 31.4 Å². The van der Waals surface area contributed by atoms with Crippen LogP contribution in [0.1, 0.15) is 33.6 Å². The minimum atomic E-state index is 0.485. The van der Waals surface area contributed by atoms with Crippen LogP contribution < -0.4 is 10.6 Å². The van der Waals surface area contributed by atoms with Crippen LogP contribution in [0.2, 0.25) is 0 Å². The van der Waals surface area contributed by atoms with Crippen molar-refractivity contribution < 1.29 is 0 Å². The van der Waals surface area contributed by atoms with Gasteiger partial charge in [0.2, 0.25) is 0 Å². The van der Waals surface area contributed by atoms with Gasteiger partial charge in [-0.2, -0.15) is 0 Å². The van der Waals surface area contributed by atoms with Crippen molar-refractivity contribution in [3.8, 4) is 0 Å². The maximum absolute atomic E-state index is 4.69. The van der Waals surface area contributed by atoms with E-state index in [1.807, 2.05) is 0 Å². The van der Waals surface area contributed by atoms with E-state index in [0.29, 0.717) is 6.04 Å². The lowest BCUT2D eigenvalue weighted by Gasteiger charge is -2.17. The van der Waals surface area contributed by atoms with Gasteiger partial charge in [-0.1, -0.05) is 6.92 Å². The van der Waals surface area contributed by atoms with Crippen LogP contribution >= 0.6 is 0 Å². The summed E-state index contributed by atoms with van der Waals surface area (Å²) in [5.74, 6) is 1.70. The predicted octanol–water partition coefficient (Wildman–Crippen LogP) is 1.29. The SMILES string of the molecule is CCNC(=NCC1CCN(C)C1)NC(C)CC. The summed E-state index contributed by atoms with van der Waals surface area (Å²) in [5, 5.41) is 6.74. The first-order chi connectivity index (χ1) is 8.15. The Morgan fingerprint density at radius 2 is 2.24 bits per heavy atom. The minimum absolute atomic E-state index is 0.485. The lowest BCUT2D eigenvalue weighted by Crippen LogP contribution is -2.42. The van der Waals surface area contributed by atoms with Crippen LogP contribution in [0.15, 0.2) is 4.99 Å². The predicted molar refractivity (Wildman–Crippen MR) is 74.5 cm³/mol. The second-order valence-corrected chi connectivity index (χ2v) is 5.09. The lowest BCUT2D eigenvalue weighted by molar-refractivity contribution is 0.397. The summed E-state index contributed by atoms with van der Waals surface area (Å²) < 4.78 is 0. The van der Waals surface area contributed by atoms with Crippen LogP contribution in [0.4, 0.5) is 0 Å². The van der Waals surface area contributed by atoms with Gasteiger partial charge in [0.15, 0.2) is 5.96 Å². The summed E-state index contributed by atoms with van der Waals surface area (Å²) >= 11 is 0. The van der Waals surface area contributed by atoms with Gasteiger partial charge in [0.05, 0.1) is 0 Å². The number of aliphatic imine (C=N–C) groups is 1. The molecule has 0 saturated carbocycles. The molecule has 0 bridgehead atoms. The van der Waals surface area contributed by atoms with Crippen molar-refractivity contribution in [1.82, 2.24) is 15.5 Å². The number of rotatable bonds is 5. The first-order valence-corrected chi connectivity index (χ1v) is 6.89. The fourth-order valence-corrected chi connectivity index (χ4v) is 2.05. The van der Waals surface area contributed by atoms with Crippen molar-refractivity contribution in [1.29, 1.82) is 0 Å². The van der Waals surface area contributed by atoms with E-state index >= 15 is 0 Å². The van der Waals surface area contributed by atoms with Gasteiger partial charge in [0.25, 0.3) is 0 Å². The molecular weight excluding hydrogens is 212 g/mol. The molecule has 0 amide bonds. The number of nitrogens with one attached hydrogen (secondary N) is 2. The highest BCUT2D eigenvalue weighted by Gasteiger charge is 2.18. The topological polar surface area (TPSA) is 39.7 Å². The number of guanidine groups is 1. The highest BCUT2D eigenvalue weighted by Crippen LogP contribution is 2.14. The Morgan fingerprint density at radius 1 is 1.47 bits per heavy atom. The summed E-state index contributed by atoms with van der Waals surface area (Å²) in [4.78, 5) is 7.07. The third kappa shape index (κ3) is 5.39. The highest BCUT2D eigenvalue weighted by molar-refractivity contribution is 5.80. The first-order valence-electron chi connectivity index (χ1n) is 6.89. The normalized spacial score (nSPS) is 23.8. The van der Waals surface area contributed by atoms with Crippen LogP contribution in [0.3, 0.4) is 0 Å². The zero-order valence-corrected chi connectivity index (χ0v) is 11.8. The van der Waals surface area contributed by atoms with Gasteiger partial charge in [-0.15, -0.1) is 0 Å². The molecule has 1 saturated heterocycles. The Kier molecular flexibility index (Phi) is 6.34. The molecule has 1 fully saturated rings.